The molecule has 0 amide bonds. The van der Waals surface area contributed by atoms with Crippen LogP contribution in [0.25, 0.3) is 11.1 Å². The third kappa shape index (κ3) is 1.19. The molecule has 92 valence electrons. The third-order valence-electron chi connectivity index (χ3n) is 4.75. The molecule has 0 heterocycles. The average Bonchev–Trinajstić information content (AvgIpc) is 2.78. The molecule has 0 atom stereocenters. The van der Waals surface area contributed by atoms with Gasteiger partial charge in [0.15, 0.2) is 5.78 Å². The van der Waals surface area contributed by atoms with E-state index in [1.165, 1.54) is 43.8 Å². The minimum absolute atomic E-state index is 0.284. The van der Waals surface area contributed by atoms with Crippen LogP contribution in [0.15, 0.2) is 12.2 Å². The molecule has 3 rings (SSSR count). The van der Waals surface area contributed by atoms with Crippen LogP contribution in [0.4, 0.5) is 0 Å². The molecular weight excluding hydrogens is 220 g/mol. The number of carbonyl (C=O) groups excluding carboxylic acids is 1. The largest absolute Gasteiger partial charge is 0.294 e. The quantitative estimate of drug-likeness (QED) is 0.674. The summed E-state index contributed by atoms with van der Waals surface area (Å²) in [6, 6.07) is 0. The van der Waals surface area contributed by atoms with E-state index < -0.39 is 0 Å². The SMILES string of the molecule is C=C1Cc2c(C)c(C)c3c(c2=C1C)=C(C)C(=O)C3. The lowest BCUT2D eigenvalue weighted by molar-refractivity contribution is -0.113. The number of ketones is 1. The van der Waals surface area contributed by atoms with E-state index in [2.05, 4.69) is 27.4 Å². The number of carbonyl (C=O) groups is 1. The van der Waals surface area contributed by atoms with Crippen LogP contribution < -0.4 is 10.4 Å². The second kappa shape index (κ2) is 3.44. The van der Waals surface area contributed by atoms with Crippen LogP contribution in [0.3, 0.4) is 0 Å². The van der Waals surface area contributed by atoms with Gasteiger partial charge in [-0.1, -0.05) is 6.58 Å². The number of rotatable bonds is 0. The number of benzene rings is 1. The molecule has 0 aliphatic heterocycles. The van der Waals surface area contributed by atoms with Crippen molar-refractivity contribution in [1.29, 1.82) is 0 Å². The van der Waals surface area contributed by atoms with E-state index in [4.69, 9.17) is 0 Å². The van der Waals surface area contributed by atoms with Crippen molar-refractivity contribution in [3.8, 4) is 0 Å². The van der Waals surface area contributed by atoms with Crippen molar-refractivity contribution in [3.05, 3.63) is 44.8 Å². The molecule has 1 aromatic carbocycles. The van der Waals surface area contributed by atoms with Gasteiger partial charge in [0.05, 0.1) is 0 Å². The van der Waals surface area contributed by atoms with Crippen LogP contribution in [-0.2, 0) is 17.6 Å². The number of hydrogen-bond donors (Lipinski definition) is 0. The van der Waals surface area contributed by atoms with Gasteiger partial charge in [-0.05, 0) is 78.0 Å². The summed E-state index contributed by atoms with van der Waals surface area (Å²) in [5.74, 6) is 0.284. The van der Waals surface area contributed by atoms with Crippen molar-refractivity contribution in [2.75, 3.05) is 0 Å². The lowest BCUT2D eigenvalue weighted by Gasteiger charge is -2.10. The monoisotopic (exact) mass is 238 g/mol. The zero-order valence-corrected chi connectivity index (χ0v) is 11.5. The number of fused-ring (bicyclic) bond motifs is 3. The molecule has 0 spiro atoms. The highest BCUT2D eigenvalue weighted by Crippen LogP contribution is 2.26. The molecule has 18 heavy (non-hydrogen) atoms. The predicted octanol–water partition coefficient (Wildman–Crippen LogP) is 1.88. The summed E-state index contributed by atoms with van der Waals surface area (Å²) >= 11 is 0. The van der Waals surface area contributed by atoms with Crippen LogP contribution in [0.1, 0.15) is 36.1 Å². The second-order valence-electron chi connectivity index (χ2n) is 5.59. The zero-order chi connectivity index (χ0) is 13.2. The molecule has 0 saturated heterocycles. The molecule has 1 aromatic rings. The van der Waals surface area contributed by atoms with Crippen molar-refractivity contribution >= 4 is 16.9 Å². The summed E-state index contributed by atoms with van der Waals surface area (Å²) in [5.41, 5.74) is 8.72. The van der Waals surface area contributed by atoms with Crippen LogP contribution in [0.5, 0.6) is 0 Å². The molecule has 0 unspecified atom stereocenters. The number of Topliss-reactive ketones (excluding diaryl/α,β-unsaturated/α-hetero) is 1. The van der Waals surface area contributed by atoms with Gasteiger partial charge in [0.1, 0.15) is 0 Å². The first-order valence-corrected chi connectivity index (χ1v) is 6.47. The van der Waals surface area contributed by atoms with Crippen molar-refractivity contribution in [3.63, 3.8) is 0 Å². The predicted molar refractivity (Wildman–Crippen MR) is 74.9 cm³/mol. The number of allylic oxidation sites excluding steroid dienone is 1. The molecule has 0 radical (unpaired) electrons. The zero-order valence-electron chi connectivity index (χ0n) is 11.5. The second-order valence-corrected chi connectivity index (χ2v) is 5.59. The average molecular weight is 238 g/mol. The maximum Gasteiger partial charge on any atom is 0.163 e. The first-order valence-electron chi connectivity index (χ1n) is 6.47. The van der Waals surface area contributed by atoms with E-state index in [1.807, 2.05) is 6.92 Å². The van der Waals surface area contributed by atoms with E-state index in [1.54, 1.807) is 0 Å². The van der Waals surface area contributed by atoms with Crippen molar-refractivity contribution < 1.29 is 4.79 Å². The minimum atomic E-state index is 0.284. The van der Waals surface area contributed by atoms with Crippen molar-refractivity contribution in [1.82, 2.24) is 0 Å². The van der Waals surface area contributed by atoms with Gasteiger partial charge in [0, 0.05) is 12.0 Å². The maximum atomic E-state index is 12.0. The molecule has 1 nitrogen and oxygen atoms in total. The van der Waals surface area contributed by atoms with Gasteiger partial charge < -0.3 is 0 Å². The lowest BCUT2D eigenvalue weighted by Crippen LogP contribution is -2.32. The van der Waals surface area contributed by atoms with Crippen LogP contribution >= 0.6 is 0 Å². The lowest BCUT2D eigenvalue weighted by atomic mass is 9.94. The third-order valence-corrected chi connectivity index (χ3v) is 4.75. The van der Waals surface area contributed by atoms with Crippen LogP contribution in [-0.4, -0.2) is 5.78 Å². The molecule has 0 saturated carbocycles. The highest BCUT2D eigenvalue weighted by atomic mass is 16.1. The van der Waals surface area contributed by atoms with Gasteiger partial charge in [-0.3, -0.25) is 4.79 Å². The Bertz CT molecular complexity index is 680. The summed E-state index contributed by atoms with van der Waals surface area (Å²) in [6.45, 7) is 12.6. The molecule has 0 bridgehead atoms. The highest BCUT2D eigenvalue weighted by molar-refractivity contribution is 6.17. The Morgan fingerprint density at radius 2 is 1.33 bits per heavy atom. The van der Waals surface area contributed by atoms with Gasteiger partial charge in [0.2, 0.25) is 0 Å². The van der Waals surface area contributed by atoms with E-state index in [-0.39, 0.29) is 5.78 Å². The first-order chi connectivity index (χ1) is 8.43. The first kappa shape index (κ1) is 11.5. The van der Waals surface area contributed by atoms with Crippen LogP contribution in [0.2, 0.25) is 0 Å². The van der Waals surface area contributed by atoms with Crippen molar-refractivity contribution in [2.45, 2.75) is 40.5 Å². The Hall–Kier alpha value is -1.63. The molecule has 0 N–H and O–H groups in total. The Labute approximate surface area is 108 Å². The van der Waals surface area contributed by atoms with Gasteiger partial charge in [-0.25, -0.2) is 0 Å². The normalized spacial score (nSPS) is 17.6. The van der Waals surface area contributed by atoms with E-state index in [9.17, 15) is 4.79 Å². The van der Waals surface area contributed by atoms with E-state index >= 15 is 0 Å². The molecule has 2 aliphatic rings. The Morgan fingerprint density at radius 1 is 0.833 bits per heavy atom. The maximum absolute atomic E-state index is 12.0. The highest BCUT2D eigenvalue weighted by Gasteiger charge is 2.26. The topological polar surface area (TPSA) is 17.1 Å². The van der Waals surface area contributed by atoms with Gasteiger partial charge in [0.25, 0.3) is 0 Å². The molecular formula is C17H18O. The molecule has 0 fully saturated rings. The van der Waals surface area contributed by atoms with E-state index in [0.717, 1.165) is 12.0 Å². The summed E-state index contributed by atoms with van der Waals surface area (Å²) in [5, 5.41) is 2.52. The Balaban J connectivity index is 2.67. The smallest absolute Gasteiger partial charge is 0.163 e. The van der Waals surface area contributed by atoms with Crippen LogP contribution in [0, 0.1) is 13.8 Å². The summed E-state index contributed by atoms with van der Waals surface area (Å²) in [4.78, 5) is 12.0. The Kier molecular flexibility index (Phi) is 2.19. The van der Waals surface area contributed by atoms with Gasteiger partial charge >= 0.3 is 0 Å². The van der Waals surface area contributed by atoms with Crippen molar-refractivity contribution in [2.24, 2.45) is 0 Å². The summed E-state index contributed by atoms with van der Waals surface area (Å²) in [6.07, 6.45) is 1.53. The summed E-state index contributed by atoms with van der Waals surface area (Å²) < 4.78 is 0. The number of hydrogen-bond acceptors (Lipinski definition) is 1. The molecule has 0 aromatic heterocycles. The Morgan fingerprint density at radius 3 is 1.94 bits per heavy atom. The van der Waals surface area contributed by atoms with Gasteiger partial charge in [-0.2, -0.15) is 0 Å². The molecule has 2 aliphatic carbocycles. The van der Waals surface area contributed by atoms with E-state index in [0.29, 0.717) is 6.42 Å². The summed E-state index contributed by atoms with van der Waals surface area (Å²) in [7, 11) is 0. The van der Waals surface area contributed by atoms with Gasteiger partial charge in [-0.15, -0.1) is 0 Å². The fourth-order valence-corrected chi connectivity index (χ4v) is 3.35. The fraction of sp³-hybridized carbons (Fsp3) is 0.353. The molecule has 1 heteroatoms. The fourth-order valence-electron chi connectivity index (χ4n) is 3.35. The minimum Gasteiger partial charge on any atom is -0.294 e. The standard InChI is InChI=1S/C17H18O/c1-8-6-13-10(3)11(4)14-7-15(18)12(5)17(14)16(13)9(8)2/h1,6-7H2,2-5H3.